The van der Waals surface area contributed by atoms with Crippen LogP contribution in [0.15, 0.2) is 52.1 Å². The molecule has 0 fully saturated rings. The van der Waals surface area contributed by atoms with Crippen LogP contribution in [0.2, 0.25) is 0 Å². The maximum Gasteiger partial charge on any atom is 0.264 e. The SMILES string of the molecule is CC(NC(=O)Cn1cnc2c(cnn2C)c1=O)c1cc2ccccc2o1. The van der Waals surface area contributed by atoms with E-state index in [1.165, 1.54) is 21.8 Å². The van der Waals surface area contributed by atoms with E-state index in [0.29, 0.717) is 16.8 Å². The summed E-state index contributed by atoms with van der Waals surface area (Å²) >= 11 is 0. The van der Waals surface area contributed by atoms with Crippen LogP contribution in [0.3, 0.4) is 0 Å². The number of amides is 1. The van der Waals surface area contributed by atoms with Crippen molar-refractivity contribution in [1.82, 2.24) is 24.6 Å². The number of aromatic nitrogens is 4. The summed E-state index contributed by atoms with van der Waals surface area (Å²) in [6.07, 6.45) is 2.81. The van der Waals surface area contributed by atoms with E-state index in [9.17, 15) is 9.59 Å². The van der Waals surface area contributed by atoms with Gasteiger partial charge in [-0.2, -0.15) is 5.10 Å². The molecule has 0 aliphatic carbocycles. The number of para-hydroxylation sites is 1. The van der Waals surface area contributed by atoms with Crippen molar-refractivity contribution in [3.05, 3.63) is 59.0 Å². The molecule has 1 amide bonds. The highest BCUT2D eigenvalue weighted by Crippen LogP contribution is 2.23. The molecule has 0 saturated heterocycles. The number of carbonyl (C=O) groups excluding carboxylic acids is 1. The molecule has 1 unspecified atom stereocenters. The fourth-order valence-electron chi connectivity index (χ4n) is 2.91. The molecule has 0 spiro atoms. The Hall–Kier alpha value is -3.42. The monoisotopic (exact) mass is 351 g/mol. The Balaban J connectivity index is 1.51. The number of fused-ring (bicyclic) bond motifs is 2. The zero-order valence-electron chi connectivity index (χ0n) is 14.3. The third-order valence-electron chi connectivity index (χ3n) is 4.28. The number of hydrogen-bond acceptors (Lipinski definition) is 5. The smallest absolute Gasteiger partial charge is 0.264 e. The van der Waals surface area contributed by atoms with E-state index < -0.39 is 0 Å². The van der Waals surface area contributed by atoms with Crippen LogP contribution in [-0.4, -0.2) is 25.2 Å². The molecule has 0 bridgehead atoms. The summed E-state index contributed by atoms with van der Waals surface area (Å²) < 4.78 is 8.55. The summed E-state index contributed by atoms with van der Waals surface area (Å²) in [4.78, 5) is 29.0. The fourth-order valence-corrected chi connectivity index (χ4v) is 2.91. The van der Waals surface area contributed by atoms with E-state index >= 15 is 0 Å². The molecule has 1 atom stereocenters. The largest absolute Gasteiger partial charge is 0.459 e. The second kappa shape index (κ2) is 6.14. The molecule has 0 aliphatic rings. The molecular formula is C18H17N5O3. The molecule has 1 aromatic carbocycles. The van der Waals surface area contributed by atoms with Gasteiger partial charge in [0.2, 0.25) is 5.91 Å². The molecule has 1 N–H and O–H groups in total. The number of aryl methyl sites for hydroxylation is 1. The Bertz CT molecular complexity index is 1140. The molecule has 132 valence electrons. The van der Waals surface area contributed by atoms with Crippen LogP contribution >= 0.6 is 0 Å². The highest BCUT2D eigenvalue weighted by molar-refractivity contribution is 5.79. The Labute approximate surface area is 148 Å². The first-order valence-corrected chi connectivity index (χ1v) is 8.18. The lowest BCUT2D eigenvalue weighted by Gasteiger charge is -2.12. The minimum absolute atomic E-state index is 0.124. The van der Waals surface area contributed by atoms with Crippen LogP contribution < -0.4 is 10.9 Å². The van der Waals surface area contributed by atoms with Gasteiger partial charge in [-0.05, 0) is 19.1 Å². The molecule has 0 radical (unpaired) electrons. The fraction of sp³-hybridized carbons (Fsp3) is 0.222. The Morgan fingerprint density at radius 3 is 2.96 bits per heavy atom. The van der Waals surface area contributed by atoms with Crippen molar-refractivity contribution in [2.45, 2.75) is 19.5 Å². The lowest BCUT2D eigenvalue weighted by Crippen LogP contribution is -2.33. The molecule has 4 aromatic rings. The second-order valence-electron chi connectivity index (χ2n) is 6.16. The number of benzene rings is 1. The Morgan fingerprint density at radius 2 is 2.15 bits per heavy atom. The predicted molar refractivity (Wildman–Crippen MR) is 95.5 cm³/mol. The first-order valence-electron chi connectivity index (χ1n) is 8.18. The summed E-state index contributed by atoms with van der Waals surface area (Å²) in [6.45, 7) is 1.71. The third-order valence-corrected chi connectivity index (χ3v) is 4.28. The average molecular weight is 351 g/mol. The minimum Gasteiger partial charge on any atom is -0.459 e. The molecular weight excluding hydrogens is 334 g/mol. The molecule has 3 heterocycles. The topological polar surface area (TPSA) is 95.0 Å². The number of nitrogens with zero attached hydrogens (tertiary/aromatic N) is 4. The third kappa shape index (κ3) is 2.75. The lowest BCUT2D eigenvalue weighted by atomic mass is 10.2. The van der Waals surface area contributed by atoms with Crippen molar-refractivity contribution in [2.75, 3.05) is 0 Å². The van der Waals surface area contributed by atoms with Gasteiger partial charge in [-0.25, -0.2) is 4.98 Å². The van der Waals surface area contributed by atoms with E-state index in [1.54, 1.807) is 7.05 Å². The van der Waals surface area contributed by atoms with Gasteiger partial charge < -0.3 is 9.73 Å². The maximum atomic E-state index is 12.4. The molecule has 8 heteroatoms. The molecule has 0 saturated carbocycles. The van der Waals surface area contributed by atoms with Crippen LogP contribution in [0.25, 0.3) is 22.0 Å². The predicted octanol–water partition coefficient (Wildman–Crippen LogP) is 1.75. The Morgan fingerprint density at radius 1 is 1.35 bits per heavy atom. The molecule has 3 aromatic heterocycles. The van der Waals surface area contributed by atoms with Gasteiger partial charge in [0, 0.05) is 12.4 Å². The number of nitrogens with one attached hydrogen (secondary N) is 1. The van der Waals surface area contributed by atoms with E-state index in [1.807, 2.05) is 37.3 Å². The minimum atomic E-state index is -0.319. The summed E-state index contributed by atoms with van der Waals surface area (Å²) in [5.41, 5.74) is 0.961. The number of hydrogen-bond donors (Lipinski definition) is 1. The van der Waals surface area contributed by atoms with Gasteiger partial charge in [0.25, 0.3) is 5.56 Å². The van der Waals surface area contributed by atoms with E-state index in [-0.39, 0.29) is 24.1 Å². The van der Waals surface area contributed by atoms with Crippen LogP contribution in [0.5, 0.6) is 0 Å². The standard InChI is InChI=1S/C18H17N5O3/c1-11(15-7-12-5-3-4-6-14(12)26-15)21-16(24)9-23-10-19-17-13(18(23)25)8-20-22(17)2/h3-8,10-11H,9H2,1-2H3,(H,21,24). The van der Waals surface area contributed by atoms with E-state index in [0.717, 1.165) is 11.0 Å². The first kappa shape index (κ1) is 16.1. The van der Waals surface area contributed by atoms with Crippen LogP contribution in [-0.2, 0) is 18.4 Å². The van der Waals surface area contributed by atoms with Gasteiger partial charge in [-0.1, -0.05) is 18.2 Å². The van der Waals surface area contributed by atoms with Gasteiger partial charge in [-0.3, -0.25) is 18.8 Å². The van der Waals surface area contributed by atoms with Crippen LogP contribution in [0, 0.1) is 0 Å². The zero-order valence-corrected chi connectivity index (χ0v) is 14.3. The quantitative estimate of drug-likeness (QED) is 0.604. The number of carbonyl (C=O) groups is 1. The van der Waals surface area contributed by atoms with Gasteiger partial charge >= 0.3 is 0 Å². The number of rotatable bonds is 4. The highest BCUT2D eigenvalue weighted by Gasteiger charge is 2.16. The molecule has 0 aliphatic heterocycles. The van der Waals surface area contributed by atoms with Crippen molar-refractivity contribution in [3.8, 4) is 0 Å². The summed E-state index contributed by atoms with van der Waals surface area (Å²) in [7, 11) is 1.71. The highest BCUT2D eigenvalue weighted by atomic mass is 16.3. The van der Waals surface area contributed by atoms with Crippen LogP contribution in [0.1, 0.15) is 18.7 Å². The van der Waals surface area contributed by atoms with Crippen molar-refractivity contribution < 1.29 is 9.21 Å². The number of furan rings is 1. The lowest BCUT2D eigenvalue weighted by molar-refractivity contribution is -0.122. The van der Waals surface area contributed by atoms with Crippen molar-refractivity contribution >= 4 is 27.9 Å². The van der Waals surface area contributed by atoms with Crippen LogP contribution in [0.4, 0.5) is 0 Å². The van der Waals surface area contributed by atoms with Crippen molar-refractivity contribution in [2.24, 2.45) is 7.05 Å². The van der Waals surface area contributed by atoms with Gasteiger partial charge in [-0.15, -0.1) is 0 Å². The molecule has 4 rings (SSSR count). The Kier molecular flexibility index (Phi) is 3.80. The first-order chi connectivity index (χ1) is 12.5. The summed E-state index contributed by atoms with van der Waals surface area (Å²) in [5.74, 6) is 0.359. The van der Waals surface area contributed by atoms with Gasteiger partial charge in [0.15, 0.2) is 5.65 Å². The summed E-state index contributed by atoms with van der Waals surface area (Å²) in [5, 5.41) is 8.22. The molecule has 26 heavy (non-hydrogen) atoms. The van der Waals surface area contributed by atoms with Gasteiger partial charge in [0.1, 0.15) is 29.6 Å². The van der Waals surface area contributed by atoms with Crippen molar-refractivity contribution in [1.29, 1.82) is 0 Å². The van der Waals surface area contributed by atoms with E-state index in [4.69, 9.17) is 4.42 Å². The zero-order chi connectivity index (χ0) is 18.3. The summed E-state index contributed by atoms with van der Waals surface area (Å²) in [6, 6.07) is 9.23. The normalized spacial score (nSPS) is 12.5. The van der Waals surface area contributed by atoms with Gasteiger partial charge in [0.05, 0.1) is 12.2 Å². The van der Waals surface area contributed by atoms with E-state index in [2.05, 4.69) is 15.4 Å². The molecule has 8 nitrogen and oxygen atoms in total. The maximum absolute atomic E-state index is 12.4. The van der Waals surface area contributed by atoms with Crippen molar-refractivity contribution in [3.63, 3.8) is 0 Å². The average Bonchev–Trinajstić information content (AvgIpc) is 3.21. The second-order valence-corrected chi connectivity index (χ2v) is 6.16.